The van der Waals surface area contributed by atoms with Crippen molar-refractivity contribution in [3.63, 3.8) is 0 Å². The van der Waals surface area contributed by atoms with Crippen molar-refractivity contribution >= 4 is 11.9 Å². The van der Waals surface area contributed by atoms with Gasteiger partial charge in [-0.1, -0.05) is 6.07 Å². The van der Waals surface area contributed by atoms with Gasteiger partial charge in [0.15, 0.2) is 5.92 Å². The van der Waals surface area contributed by atoms with E-state index in [1.54, 1.807) is 19.2 Å². The molecule has 0 radical (unpaired) electrons. The molecule has 0 saturated carbocycles. The van der Waals surface area contributed by atoms with Crippen LogP contribution in [0.4, 0.5) is 0 Å². The van der Waals surface area contributed by atoms with Gasteiger partial charge in [-0.15, -0.1) is 0 Å². The number of rotatable bonds is 5. The van der Waals surface area contributed by atoms with Crippen LogP contribution in [0.3, 0.4) is 0 Å². The number of ether oxygens (including phenoxy) is 1. The maximum atomic E-state index is 11.5. The number of hydrogen-bond acceptors (Lipinski definition) is 4. The van der Waals surface area contributed by atoms with Gasteiger partial charge in [0.2, 0.25) is 0 Å². The highest BCUT2D eigenvalue weighted by Gasteiger charge is 2.28. The van der Waals surface area contributed by atoms with Crippen molar-refractivity contribution in [2.45, 2.75) is 20.3 Å². The third-order valence-corrected chi connectivity index (χ3v) is 2.38. The van der Waals surface area contributed by atoms with Crippen molar-refractivity contribution in [1.82, 2.24) is 4.98 Å². The van der Waals surface area contributed by atoms with Gasteiger partial charge in [0.25, 0.3) is 0 Å². The van der Waals surface area contributed by atoms with Crippen LogP contribution < -0.4 is 0 Å². The number of carbonyl (C=O) groups is 2. The fourth-order valence-corrected chi connectivity index (χ4v) is 1.44. The Kier molecular flexibility index (Phi) is 4.63. The Morgan fingerprint density at radius 1 is 1.53 bits per heavy atom. The summed E-state index contributed by atoms with van der Waals surface area (Å²) in [4.78, 5) is 26.5. The predicted octanol–water partition coefficient (Wildman–Crippen LogP) is 1.20. The second-order valence-corrected chi connectivity index (χ2v) is 3.61. The molecule has 0 aliphatic rings. The molecule has 5 heteroatoms. The Balaban J connectivity index is 2.84. The molecule has 17 heavy (non-hydrogen) atoms. The number of carboxylic acids is 1. The van der Waals surface area contributed by atoms with E-state index in [4.69, 9.17) is 9.84 Å². The lowest BCUT2D eigenvalue weighted by Gasteiger charge is -2.11. The Morgan fingerprint density at radius 2 is 2.24 bits per heavy atom. The van der Waals surface area contributed by atoms with Crippen LogP contribution in [0.2, 0.25) is 0 Å². The SMILES string of the molecule is CCOC(=O)C(Cc1ncccc1C)C(=O)O. The maximum absolute atomic E-state index is 11.5. The first-order valence-corrected chi connectivity index (χ1v) is 5.36. The summed E-state index contributed by atoms with van der Waals surface area (Å²) in [5.74, 6) is -3.10. The molecule has 1 heterocycles. The molecule has 5 nitrogen and oxygen atoms in total. The van der Waals surface area contributed by atoms with Crippen LogP contribution in [0, 0.1) is 12.8 Å². The van der Waals surface area contributed by atoms with Crippen molar-refractivity contribution in [2.24, 2.45) is 5.92 Å². The van der Waals surface area contributed by atoms with Crippen LogP contribution in [-0.2, 0) is 20.7 Å². The van der Waals surface area contributed by atoms with E-state index in [2.05, 4.69) is 4.98 Å². The first-order valence-electron chi connectivity index (χ1n) is 5.36. The van der Waals surface area contributed by atoms with E-state index in [9.17, 15) is 9.59 Å². The molecule has 0 bridgehead atoms. The Bertz CT molecular complexity index is 417. The van der Waals surface area contributed by atoms with E-state index in [-0.39, 0.29) is 13.0 Å². The summed E-state index contributed by atoms with van der Waals surface area (Å²) in [6.07, 6.45) is 1.63. The third-order valence-electron chi connectivity index (χ3n) is 2.38. The van der Waals surface area contributed by atoms with Crippen LogP contribution in [0.15, 0.2) is 18.3 Å². The van der Waals surface area contributed by atoms with Gasteiger partial charge >= 0.3 is 11.9 Å². The minimum atomic E-state index is -1.19. The molecule has 0 aliphatic heterocycles. The second-order valence-electron chi connectivity index (χ2n) is 3.61. The molecule has 0 spiro atoms. The van der Waals surface area contributed by atoms with Crippen molar-refractivity contribution in [1.29, 1.82) is 0 Å². The number of esters is 1. The highest BCUT2D eigenvalue weighted by atomic mass is 16.5. The second kappa shape index (κ2) is 5.98. The van der Waals surface area contributed by atoms with Gasteiger partial charge in [-0.3, -0.25) is 14.6 Å². The zero-order valence-electron chi connectivity index (χ0n) is 9.84. The molecule has 92 valence electrons. The van der Waals surface area contributed by atoms with Crippen molar-refractivity contribution in [3.05, 3.63) is 29.6 Å². The summed E-state index contributed by atoms with van der Waals surface area (Å²) < 4.78 is 4.73. The van der Waals surface area contributed by atoms with Crippen molar-refractivity contribution in [3.8, 4) is 0 Å². The van der Waals surface area contributed by atoms with Gasteiger partial charge in [-0.05, 0) is 25.5 Å². The lowest BCUT2D eigenvalue weighted by atomic mass is 10.0. The molecule has 1 aromatic heterocycles. The number of carbonyl (C=O) groups excluding carboxylic acids is 1. The number of carboxylic acid groups (broad SMARTS) is 1. The number of pyridine rings is 1. The minimum Gasteiger partial charge on any atom is -0.481 e. The third kappa shape index (κ3) is 3.55. The van der Waals surface area contributed by atoms with E-state index in [1.165, 1.54) is 0 Å². The molecule has 0 saturated heterocycles. The summed E-state index contributed by atoms with van der Waals surface area (Å²) in [5.41, 5.74) is 1.47. The molecule has 0 amide bonds. The van der Waals surface area contributed by atoms with Crippen LogP contribution >= 0.6 is 0 Å². The van der Waals surface area contributed by atoms with Gasteiger partial charge in [0.1, 0.15) is 0 Å². The largest absolute Gasteiger partial charge is 0.481 e. The van der Waals surface area contributed by atoms with E-state index < -0.39 is 17.9 Å². The average molecular weight is 237 g/mol. The predicted molar refractivity (Wildman–Crippen MR) is 60.4 cm³/mol. The van der Waals surface area contributed by atoms with E-state index in [0.29, 0.717) is 5.69 Å². The maximum Gasteiger partial charge on any atom is 0.320 e. The molecule has 1 rings (SSSR count). The zero-order chi connectivity index (χ0) is 12.8. The molecule has 1 aromatic rings. The average Bonchev–Trinajstić information content (AvgIpc) is 2.27. The zero-order valence-corrected chi connectivity index (χ0v) is 9.84. The molecule has 1 N–H and O–H groups in total. The number of aryl methyl sites for hydroxylation is 1. The molecule has 0 aliphatic carbocycles. The quantitative estimate of drug-likeness (QED) is 0.615. The number of hydrogen-bond donors (Lipinski definition) is 1. The van der Waals surface area contributed by atoms with Gasteiger partial charge in [0.05, 0.1) is 6.61 Å². The van der Waals surface area contributed by atoms with E-state index in [1.807, 2.05) is 13.0 Å². The van der Waals surface area contributed by atoms with Crippen LogP contribution in [-0.4, -0.2) is 28.6 Å². The molecule has 0 fully saturated rings. The highest BCUT2D eigenvalue weighted by Crippen LogP contribution is 2.12. The lowest BCUT2D eigenvalue weighted by molar-refractivity contribution is -0.158. The first kappa shape index (κ1) is 13.2. The van der Waals surface area contributed by atoms with Crippen LogP contribution in [0.5, 0.6) is 0 Å². The Labute approximate surface area is 99.4 Å². The molecular weight excluding hydrogens is 222 g/mol. The van der Waals surface area contributed by atoms with Crippen molar-refractivity contribution < 1.29 is 19.4 Å². The van der Waals surface area contributed by atoms with Gasteiger partial charge in [-0.25, -0.2) is 0 Å². The van der Waals surface area contributed by atoms with Crippen LogP contribution in [0.1, 0.15) is 18.2 Å². The Hall–Kier alpha value is -1.91. The topological polar surface area (TPSA) is 76.5 Å². The lowest BCUT2D eigenvalue weighted by Crippen LogP contribution is -2.28. The monoisotopic (exact) mass is 237 g/mol. The van der Waals surface area contributed by atoms with Gasteiger partial charge in [-0.2, -0.15) is 0 Å². The summed E-state index contributed by atoms with van der Waals surface area (Å²) >= 11 is 0. The van der Waals surface area contributed by atoms with Crippen molar-refractivity contribution in [2.75, 3.05) is 6.61 Å². The first-order chi connectivity index (χ1) is 8.06. The number of aromatic nitrogens is 1. The molecule has 1 unspecified atom stereocenters. The summed E-state index contributed by atoms with van der Waals surface area (Å²) in [7, 11) is 0. The van der Waals surface area contributed by atoms with Gasteiger partial charge < -0.3 is 9.84 Å². The molecule has 1 atom stereocenters. The Morgan fingerprint density at radius 3 is 2.76 bits per heavy atom. The number of nitrogens with zero attached hydrogens (tertiary/aromatic N) is 1. The normalized spacial score (nSPS) is 11.9. The standard InChI is InChI=1S/C12H15NO4/c1-3-17-12(16)9(11(14)15)7-10-8(2)5-4-6-13-10/h4-6,9H,3,7H2,1-2H3,(H,14,15). The summed E-state index contributed by atoms with van der Waals surface area (Å²) in [5, 5.41) is 8.99. The summed E-state index contributed by atoms with van der Waals surface area (Å²) in [6.45, 7) is 3.64. The van der Waals surface area contributed by atoms with E-state index in [0.717, 1.165) is 5.56 Å². The summed E-state index contributed by atoms with van der Waals surface area (Å²) in [6, 6.07) is 3.59. The highest BCUT2D eigenvalue weighted by molar-refractivity contribution is 5.94. The van der Waals surface area contributed by atoms with E-state index >= 15 is 0 Å². The van der Waals surface area contributed by atoms with Crippen LogP contribution in [0.25, 0.3) is 0 Å². The van der Waals surface area contributed by atoms with Gasteiger partial charge in [0, 0.05) is 18.3 Å². The molecular formula is C12H15NO4. The molecule has 0 aromatic carbocycles. The minimum absolute atomic E-state index is 0.0564. The number of aliphatic carboxylic acids is 1. The fourth-order valence-electron chi connectivity index (χ4n) is 1.44. The fraction of sp³-hybridized carbons (Fsp3) is 0.417. The smallest absolute Gasteiger partial charge is 0.320 e.